The molecule has 0 aromatic carbocycles. The maximum Gasteiger partial charge on any atom is 0.126 e. The van der Waals surface area contributed by atoms with Crippen molar-refractivity contribution in [1.82, 2.24) is 10.2 Å². The molecule has 0 spiro atoms. The van der Waals surface area contributed by atoms with E-state index in [2.05, 4.69) is 10.2 Å². The van der Waals surface area contributed by atoms with Gasteiger partial charge in [0, 0.05) is 5.56 Å². The van der Waals surface area contributed by atoms with E-state index in [0.717, 1.165) is 5.56 Å². The zero-order valence-corrected chi connectivity index (χ0v) is 4.83. The first kappa shape index (κ1) is 5.68. The summed E-state index contributed by atoms with van der Waals surface area (Å²) in [5.41, 5.74) is 11.3. The van der Waals surface area contributed by atoms with Crippen molar-refractivity contribution in [3.05, 3.63) is 18.0 Å². The predicted molar refractivity (Wildman–Crippen MR) is 36.2 cm³/mol. The first-order chi connectivity index (χ1) is 4.34. The molecule has 4 heteroatoms. The highest BCUT2D eigenvalue weighted by atomic mass is 15.1. The minimum Gasteiger partial charge on any atom is -0.405 e. The molecule has 0 radical (unpaired) electrons. The van der Waals surface area contributed by atoms with Gasteiger partial charge in [0.25, 0.3) is 0 Å². The van der Waals surface area contributed by atoms with Crippen LogP contribution in [0.5, 0.6) is 0 Å². The van der Waals surface area contributed by atoms with E-state index in [0.29, 0.717) is 5.82 Å². The molecular formula is C5H8N4. The molecule has 0 unspecified atom stereocenters. The van der Waals surface area contributed by atoms with Gasteiger partial charge in [-0.2, -0.15) is 5.10 Å². The average molecular weight is 124 g/mol. The summed E-state index contributed by atoms with van der Waals surface area (Å²) in [4.78, 5) is 0. The summed E-state index contributed by atoms with van der Waals surface area (Å²) in [7, 11) is 0. The molecule has 0 bridgehead atoms. The van der Waals surface area contributed by atoms with E-state index in [1.807, 2.05) is 0 Å². The Morgan fingerprint density at radius 2 is 2.44 bits per heavy atom. The average Bonchev–Trinajstić information content (AvgIpc) is 2.18. The summed E-state index contributed by atoms with van der Waals surface area (Å²) >= 11 is 0. The number of anilines is 1. The number of aromatic amines is 1. The van der Waals surface area contributed by atoms with Gasteiger partial charge in [0.15, 0.2) is 0 Å². The number of H-pyrrole nitrogens is 1. The minimum atomic E-state index is 0.539. The van der Waals surface area contributed by atoms with E-state index in [1.54, 1.807) is 12.3 Å². The lowest BCUT2D eigenvalue weighted by atomic mass is 10.3. The van der Waals surface area contributed by atoms with E-state index >= 15 is 0 Å². The first-order valence-corrected chi connectivity index (χ1v) is 2.51. The Hall–Kier alpha value is -1.45. The Morgan fingerprint density at radius 1 is 1.67 bits per heavy atom. The number of aromatic nitrogens is 2. The predicted octanol–water partition coefficient (Wildman–Crippen LogP) is -0.0787. The normalized spacial score (nSPS) is 10.7. The van der Waals surface area contributed by atoms with E-state index < -0.39 is 0 Å². The molecule has 0 saturated heterocycles. The van der Waals surface area contributed by atoms with E-state index in [4.69, 9.17) is 11.5 Å². The van der Waals surface area contributed by atoms with E-state index in [9.17, 15) is 0 Å². The van der Waals surface area contributed by atoms with Gasteiger partial charge in [-0.05, 0) is 12.3 Å². The van der Waals surface area contributed by atoms with Gasteiger partial charge in [-0.1, -0.05) is 0 Å². The van der Waals surface area contributed by atoms with Crippen molar-refractivity contribution in [1.29, 1.82) is 0 Å². The second-order valence-electron chi connectivity index (χ2n) is 1.60. The lowest BCUT2D eigenvalue weighted by Crippen LogP contribution is -1.86. The highest BCUT2D eigenvalue weighted by molar-refractivity contribution is 5.59. The van der Waals surface area contributed by atoms with Crippen LogP contribution >= 0.6 is 0 Å². The van der Waals surface area contributed by atoms with Crippen LogP contribution in [0.1, 0.15) is 5.56 Å². The summed E-state index contributed by atoms with van der Waals surface area (Å²) in [6.07, 6.45) is 4.71. The van der Waals surface area contributed by atoms with Crippen molar-refractivity contribution in [2.45, 2.75) is 0 Å². The highest BCUT2D eigenvalue weighted by Crippen LogP contribution is 2.06. The topological polar surface area (TPSA) is 80.7 Å². The van der Waals surface area contributed by atoms with Gasteiger partial charge in [0.1, 0.15) is 5.82 Å². The molecule has 1 heterocycles. The number of nitrogens with two attached hydrogens (primary N) is 2. The number of rotatable bonds is 1. The summed E-state index contributed by atoms with van der Waals surface area (Å²) in [6, 6.07) is 0. The molecule has 0 saturated carbocycles. The van der Waals surface area contributed by atoms with Crippen LogP contribution in [0.3, 0.4) is 0 Å². The minimum absolute atomic E-state index is 0.539. The second kappa shape index (κ2) is 2.21. The molecule has 1 aromatic heterocycles. The third-order valence-electron chi connectivity index (χ3n) is 0.975. The summed E-state index contributed by atoms with van der Waals surface area (Å²) in [6.45, 7) is 0. The number of nitrogens with zero attached hydrogens (tertiary/aromatic N) is 1. The molecule has 0 aliphatic carbocycles. The zero-order valence-electron chi connectivity index (χ0n) is 4.83. The van der Waals surface area contributed by atoms with Gasteiger partial charge >= 0.3 is 0 Å². The van der Waals surface area contributed by atoms with Gasteiger partial charge in [-0.3, -0.25) is 5.10 Å². The molecule has 0 amide bonds. The number of hydrogen-bond acceptors (Lipinski definition) is 3. The van der Waals surface area contributed by atoms with Crippen LogP contribution in [0, 0.1) is 0 Å². The van der Waals surface area contributed by atoms with Crippen molar-refractivity contribution < 1.29 is 0 Å². The van der Waals surface area contributed by atoms with Crippen LogP contribution in [-0.2, 0) is 0 Å². The van der Waals surface area contributed by atoms with E-state index in [-0.39, 0.29) is 0 Å². The fourth-order valence-electron chi connectivity index (χ4n) is 0.542. The Labute approximate surface area is 52.5 Å². The van der Waals surface area contributed by atoms with Gasteiger partial charge in [0.2, 0.25) is 0 Å². The van der Waals surface area contributed by atoms with Crippen molar-refractivity contribution in [2.24, 2.45) is 5.73 Å². The maximum absolute atomic E-state index is 5.40. The monoisotopic (exact) mass is 124 g/mol. The Bertz CT molecular complexity index is 212. The van der Waals surface area contributed by atoms with Crippen molar-refractivity contribution >= 4 is 11.9 Å². The van der Waals surface area contributed by atoms with Gasteiger partial charge < -0.3 is 11.5 Å². The smallest absolute Gasteiger partial charge is 0.126 e. The van der Waals surface area contributed by atoms with Crippen LogP contribution in [0.15, 0.2) is 12.4 Å². The van der Waals surface area contributed by atoms with Gasteiger partial charge in [-0.25, -0.2) is 0 Å². The molecule has 0 fully saturated rings. The third-order valence-corrected chi connectivity index (χ3v) is 0.975. The first-order valence-electron chi connectivity index (χ1n) is 2.51. The number of hydrogen-bond donors (Lipinski definition) is 3. The SMILES string of the molecule is N/C=C\c1cn[nH]c1N. The lowest BCUT2D eigenvalue weighted by Gasteiger charge is -1.84. The van der Waals surface area contributed by atoms with E-state index in [1.165, 1.54) is 6.20 Å². The quantitative estimate of drug-likeness (QED) is 0.490. The molecule has 9 heavy (non-hydrogen) atoms. The van der Waals surface area contributed by atoms with Crippen LogP contribution in [0.4, 0.5) is 5.82 Å². The Morgan fingerprint density at radius 3 is 2.89 bits per heavy atom. The van der Waals surface area contributed by atoms with Crippen molar-refractivity contribution in [3.8, 4) is 0 Å². The molecule has 0 aliphatic rings. The van der Waals surface area contributed by atoms with Crippen LogP contribution in [0.2, 0.25) is 0 Å². The molecule has 1 aromatic rings. The van der Waals surface area contributed by atoms with Gasteiger partial charge in [0.05, 0.1) is 6.20 Å². The fourth-order valence-corrected chi connectivity index (χ4v) is 0.542. The molecule has 1 rings (SSSR count). The van der Waals surface area contributed by atoms with Crippen molar-refractivity contribution in [3.63, 3.8) is 0 Å². The Balaban J connectivity index is 2.94. The van der Waals surface area contributed by atoms with Crippen LogP contribution in [-0.4, -0.2) is 10.2 Å². The van der Waals surface area contributed by atoms with Crippen LogP contribution < -0.4 is 11.5 Å². The van der Waals surface area contributed by atoms with Crippen LogP contribution in [0.25, 0.3) is 6.08 Å². The molecule has 48 valence electrons. The highest BCUT2D eigenvalue weighted by Gasteiger charge is 1.92. The summed E-state index contributed by atoms with van der Waals surface area (Å²) in [5.74, 6) is 0.539. The second-order valence-corrected chi connectivity index (χ2v) is 1.60. The molecule has 4 nitrogen and oxygen atoms in total. The number of nitrogens with one attached hydrogen (secondary N) is 1. The lowest BCUT2D eigenvalue weighted by molar-refractivity contribution is 1.10. The van der Waals surface area contributed by atoms with Crippen molar-refractivity contribution in [2.75, 3.05) is 5.73 Å². The molecule has 5 N–H and O–H groups in total. The van der Waals surface area contributed by atoms with Gasteiger partial charge in [-0.15, -0.1) is 0 Å². The standard InChI is InChI=1S/C5H8N4/c6-2-1-4-3-8-9-5(4)7/h1-3H,6H2,(H3,7,8,9)/b2-1-. The molecule has 0 aliphatic heterocycles. The molecule has 0 atom stereocenters. The largest absolute Gasteiger partial charge is 0.405 e. The molecular weight excluding hydrogens is 116 g/mol. The Kier molecular flexibility index (Phi) is 1.40. The zero-order chi connectivity index (χ0) is 6.69. The third kappa shape index (κ3) is 1.02. The summed E-state index contributed by atoms with van der Waals surface area (Å²) in [5, 5.41) is 6.26. The fraction of sp³-hybridized carbons (Fsp3) is 0. The summed E-state index contributed by atoms with van der Waals surface area (Å²) < 4.78 is 0. The maximum atomic E-state index is 5.40. The number of nitrogen functional groups attached to an aromatic ring is 1.